The fraction of sp³-hybridized carbons (Fsp3) is 0.0870. The zero-order valence-corrected chi connectivity index (χ0v) is 16.8. The number of nitrogens with zero attached hydrogens (tertiary/aromatic N) is 2. The number of rotatable bonds is 4. The number of pyridine rings is 2. The SMILES string of the molecule is Cc1cc(-c2ccc3c(n2)N(Cc2ccc4[nH]c(=O)ccc4c2)NN3)ccc1C(N)=O. The largest absolute Gasteiger partial charge is 0.366 e. The van der Waals surface area contributed by atoms with Crippen LogP contribution in [0.1, 0.15) is 21.5 Å². The molecule has 4 aromatic rings. The fourth-order valence-electron chi connectivity index (χ4n) is 3.79. The summed E-state index contributed by atoms with van der Waals surface area (Å²) in [5, 5.41) is 2.90. The molecule has 154 valence electrons. The number of amides is 1. The molecule has 0 spiro atoms. The normalized spacial score (nSPS) is 12.6. The quantitative estimate of drug-likeness (QED) is 0.410. The number of anilines is 2. The van der Waals surface area contributed by atoms with Gasteiger partial charge in [-0.3, -0.25) is 14.6 Å². The zero-order valence-electron chi connectivity index (χ0n) is 16.8. The summed E-state index contributed by atoms with van der Waals surface area (Å²) < 4.78 is 0. The number of H-pyrrole nitrogens is 1. The average molecular weight is 412 g/mol. The summed E-state index contributed by atoms with van der Waals surface area (Å²) in [5.41, 5.74) is 17.3. The van der Waals surface area contributed by atoms with E-state index in [1.165, 1.54) is 6.07 Å². The molecule has 0 bridgehead atoms. The molecule has 3 heterocycles. The molecule has 0 unspecified atom stereocenters. The maximum absolute atomic E-state index is 11.5. The Bertz CT molecular complexity index is 1390. The Morgan fingerprint density at radius 3 is 2.74 bits per heavy atom. The maximum atomic E-state index is 11.5. The molecule has 1 amide bonds. The first kappa shape index (κ1) is 18.8. The van der Waals surface area contributed by atoms with Gasteiger partial charge in [-0.15, -0.1) is 5.53 Å². The second-order valence-electron chi connectivity index (χ2n) is 7.53. The first-order valence-corrected chi connectivity index (χ1v) is 9.81. The summed E-state index contributed by atoms with van der Waals surface area (Å²) in [7, 11) is 0. The Hall–Kier alpha value is -4.17. The lowest BCUT2D eigenvalue weighted by molar-refractivity contribution is 0.0999. The predicted molar refractivity (Wildman–Crippen MR) is 120 cm³/mol. The Balaban J connectivity index is 1.45. The third kappa shape index (κ3) is 3.49. The van der Waals surface area contributed by atoms with Crippen LogP contribution in [-0.2, 0) is 6.54 Å². The molecule has 5 rings (SSSR count). The number of aromatic amines is 1. The number of fused-ring (bicyclic) bond motifs is 2. The van der Waals surface area contributed by atoms with Gasteiger partial charge < -0.3 is 16.1 Å². The molecule has 0 radical (unpaired) electrons. The van der Waals surface area contributed by atoms with Crippen LogP contribution in [0.2, 0.25) is 0 Å². The number of nitrogens with two attached hydrogens (primary N) is 1. The number of aromatic nitrogens is 2. The number of carbonyl (C=O) groups excluding carboxylic acids is 1. The minimum absolute atomic E-state index is 0.115. The van der Waals surface area contributed by atoms with E-state index in [9.17, 15) is 9.59 Å². The van der Waals surface area contributed by atoms with E-state index in [2.05, 4.69) is 15.9 Å². The Kier molecular flexibility index (Phi) is 4.41. The van der Waals surface area contributed by atoms with Crippen LogP contribution in [0.4, 0.5) is 11.5 Å². The Morgan fingerprint density at radius 2 is 1.94 bits per heavy atom. The lowest BCUT2D eigenvalue weighted by atomic mass is 10.0. The van der Waals surface area contributed by atoms with Gasteiger partial charge >= 0.3 is 0 Å². The smallest absolute Gasteiger partial charge is 0.248 e. The van der Waals surface area contributed by atoms with Gasteiger partial charge in [0.2, 0.25) is 11.5 Å². The predicted octanol–water partition coefficient (Wildman–Crippen LogP) is 2.85. The number of benzene rings is 2. The number of hydrogen-bond donors (Lipinski definition) is 4. The van der Waals surface area contributed by atoms with Crippen molar-refractivity contribution >= 4 is 28.3 Å². The number of hydrazine groups is 2. The van der Waals surface area contributed by atoms with Crippen molar-refractivity contribution in [2.24, 2.45) is 5.73 Å². The minimum atomic E-state index is -0.440. The monoisotopic (exact) mass is 412 g/mol. The highest BCUT2D eigenvalue weighted by atomic mass is 16.1. The Morgan fingerprint density at radius 1 is 1.06 bits per heavy atom. The van der Waals surface area contributed by atoms with Gasteiger partial charge in [0.05, 0.1) is 17.9 Å². The fourth-order valence-corrected chi connectivity index (χ4v) is 3.79. The molecule has 31 heavy (non-hydrogen) atoms. The van der Waals surface area contributed by atoms with Crippen molar-refractivity contribution in [3.05, 3.63) is 87.7 Å². The van der Waals surface area contributed by atoms with Crippen molar-refractivity contribution in [2.45, 2.75) is 13.5 Å². The summed E-state index contributed by atoms with van der Waals surface area (Å²) in [5.74, 6) is 0.334. The van der Waals surface area contributed by atoms with Crippen LogP contribution < -0.4 is 27.3 Å². The molecule has 0 saturated carbocycles. The van der Waals surface area contributed by atoms with Gasteiger partial charge in [-0.2, -0.15) is 0 Å². The van der Waals surface area contributed by atoms with Crippen molar-refractivity contribution in [3.8, 4) is 11.3 Å². The molecule has 0 fully saturated rings. The van der Waals surface area contributed by atoms with Gasteiger partial charge in [0, 0.05) is 22.7 Å². The van der Waals surface area contributed by atoms with Crippen LogP contribution in [-0.4, -0.2) is 15.9 Å². The molecular weight excluding hydrogens is 392 g/mol. The first-order chi connectivity index (χ1) is 15.0. The maximum Gasteiger partial charge on any atom is 0.248 e. The third-order valence-corrected chi connectivity index (χ3v) is 5.37. The zero-order chi connectivity index (χ0) is 21.5. The van der Waals surface area contributed by atoms with Crippen molar-refractivity contribution in [1.82, 2.24) is 15.5 Å². The standard InChI is InChI=1S/C23H20N6O2/c1-13-10-15(3-5-17(13)22(24)31)19-7-8-20-23(26-19)29(28-27-20)12-14-2-6-18-16(11-14)4-9-21(30)25-18/h2-11,27-28H,12H2,1H3,(H2,24,31)(H,25,30). The van der Waals surface area contributed by atoms with E-state index < -0.39 is 5.91 Å². The first-order valence-electron chi connectivity index (χ1n) is 9.81. The van der Waals surface area contributed by atoms with Crippen LogP contribution in [0.5, 0.6) is 0 Å². The van der Waals surface area contributed by atoms with E-state index in [0.717, 1.165) is 44.8 Å². The molecular formula is C23H20N6O2. The van der Waals surface area contributed by atoms with Crippen molar-refractivity contribution < 1.29 is 4.79 Å². The molecule has 0 aliphatic carbocycles. The van der Waals surface area contributed by atoms with E-state index in [1.54, 1.807) is 6.07 Å². The second kappa shape index (κ2) is 7.26. The van der Waals surface area contributed by atoms with Crippen LogP contribution in [0, 0.1) is 6.92 Å². The van der Waals surface area contributed by atoms with Crippen LogP contribution in [0.15, 0.2) is 65.5 Å². The molecule has 8 heteroatoms. The molecule has 1 aliphatic rings. The van der Waals surface area contributed by atoms with Crippen LogP contribution in [0.25, 0.3) is 22.2 Å². The van der Waals surface area contributed by atoms with Gasteiger partial charge in [-0.25, -0.2) is 4.98 Å². The molecule has 0 atom stereocenters. The summed E-state index contributed by atoms with van der Waals surface area (Å²) in [6.07, 6.45) is 0. The topological polar surface area (TPSA) is 116 Å². The molecule has 2 aromatic heterocycles. The molecule has 1 aliphatic heterocycles. The van der Waals surface area contributed by atoms with Crippen molar-refractivity contribution in [1.29, 1.82) is 0 Å². The number of hydrogen-bond acceptors (Lipinski definition) is 6. The Labute approximate surface area is 177 Å². The van der Waals surface area contributed by atoms with Crippen molar-refractivity contribution in [2.75, 3.05) is 10.4 Å². The average Bonchev–Trinajstić information content (AvgIpc) is 3.15. The number of primary amides is 1. The number of carbonyl (C=O) groups is 1. The third-order valence-electron chi connectivity index (χ3n) is 5.37. The van der Waals surface area contributed by atoms with E-state index in [4.69, 9.17) is 10.7 Å². The van der Waals surface area contributed by atoms with E-state index in [-0.39, 0.29) is 5.56 Å². The van der Waals surface area contributed by atoms with Gasteiger partial charge in [-0.05, 0) is 65.9 Å². The lowest BCUT2D eigenvalue weighted by Crippen LogP contribution is -2.35. The second-order valence-corrected chi connectivity index (χ2v) is 7.53. The van der Waals surface area contributed by atoms with Crippen LogP contribution in [0.3, 0.4) is 0 Å². The van der Waals surface area contributed by atoms with Gasteiger partial charge in [0.15, 0.2) is 5.82 Å². The molecule has 0 saturated heterocycles. The highest BCUT2D eigenvalue weighted by Crippen LogP contribution is 2.32. The summed E-state index contributed by atoms with van der Waals surface area (Å²) in [4.78, 5) is 30.7. The van der Waals surface area contributed by atoms with Gasteiger partial charge in [-0.1, -0.05) is 12.1 Å². The minimum Gasteiger partial charge on any atom is -0.366 e. The van der Waals surface area contributed by atoms with E-state index in [0.29, 0.717) is 12.1 Å². The summed E-state index contributed by atoms with van der Waals surface area (Å²) in [6, 6.07) is 18.7. The van der Waals surface area contributed by atoms with Gasteiger partial charge in [0.1, 0.15) is 0 Å². The molecule has 8 nitrogen and oxygen atoms in total. The van der Waals surface area contributed by atoms with E-state index >= 15 is 0 Å². The van der Waals surface area contributed by atoms with Gasteiger partial charge in [0.25, 0.3) is 0 Å². The molecule has 2 aromatic carbocycles. The number of nitrogens with one attached hydrogen (secondary N) is 3. The van der Waals surface area contributed by atoms with Crippen molar-refractivity contribution in [3.63, 3.8) is 0 Å². The molecule has 5 N–H and O–H groups in total. The van der Waals surface area contributed by atoms with Crippen LogP contribution >= 0.6 is 0 Å². The highest BCUT2D eigenvalue weighted by molar-refractivity contribution is 5.95. The van der Waals surface area contributed by atoms with E-state index in [1.807, 2.05) is 60.5 Å². The summed E-state index contributed by atoms with van der Waals surface area (Å²) >= 11 is 0. The lowest BCUT2D eigenvalue weighted by Gasteiger charge is -2.18. The number of aryl methyl sites for hydroxylation is 1. The highest BCUT2D eigenvalue weighted by Gasteiger charge is 2.21. The summed E-state index contributed by atoms with van der Waals surface area (Å²) in [6.45, 7) is 2.44.